The van der Waals surface area contributed by atoms with Crippen molar-refractivity contribution < 1.29 is 4.74 Å². The molecule has 1 N–H and O–H groups in total. The van der Waals surface area contributed by atoms with Crippen LogP contribution in [0.1, 0.15) is 13.8 Å². The smallest absolute Gasteiger partial charge is 0.156 e. The van der Waals surface area contributed by atoms with Crippen LogP contribution in [-0.4, -0.2) is 13.7 Å². The second kappa shape index (κ2) is 5.47. The monoisotopic (exact) mass is 247 g/mol. The molecule has 15 heavy (non-hydrogen) atoms. The summed E-state index contributed by atoms with van der Waals surface area (Å²) in [7, 11) is 1.82. The molecule has 0 amide bonds. The summed E-state index contributed by atoms with van der Waals surface area (Å²) in [5.74, 6) is 1.01. The lowest BCUT2D eigenvalue weighted by Crippen LogP contribution is -2.05. The van der Waals surface area contributed by atoms with Crippen LogP contribution >= 0.6 is 23.2 Å². The van der Waals surface area contributed by atoms with E-state index in [1.54, 1.807) is 12.1 Å². The maximum atomic E-state index is 6.05. The maximum Gasteiger partial charge on any atom is 0.156 e. The minimum absolute atomic E-state index is 0.445. The van der Waals surface area contributed by atoms with E-state index in [1.165, 1.54) is 0 Å². The maximum absolute atomic E-state index is 6.05. The molecular formula is C11H15Cl2NO. The minimum atomic E-state index is 0.445. The predicted molar refractivity (Wildman–Crippen MR) is 66.3 cm³/mol. The van der Waals surface area contributed by atoms with Gasteiger partial charge in [-0.25, -0.2) is 0 Å². The molecule has 1 aromatic carbocycles. The van der Waals surface area contributed by atoms with Crippen molar-refractivity contribution >= 4 is 28.9 Å². The Labute approximate surface area is 101 Å². The highest BCUT2D eigenvalue weighted by atomic mass is 35.5. The molecule has 0 aliphatic rings. The molecular weight excluding hydrogens is 233 g/mol. The zero-order valence-corrected chi connectivity index (χ0v) is 10.6. The molecule has 0 spiro atoms. The molecule has 0 heterocycles. The molecule has 0 aliphatic heterocycles. The van der Waals surface area contributed by atoms with Crippen LogP contribution in [0.25, 0.3) is 0 Å². The number of benzene rings is 1. The summed E-state index contributed by atoms with van der Waals surface area (Å²) in [5, 5.41) is 4.05. The summed E-state index contributed by atoms with van der Waals surface area (Å²) in [6.45, 7) is 4.76. The van der Waals surface area contributed by atoms with Gasteiger partial charge in [-0.05, 0) is 18.1 Å². The van der Waals surface area contributed by atoms with E-state index in [2.05, 4.69) is 19.2 Å². The van der Waals surface area contributed by atoms with Crippen molar-refractivity contribution in [3.05, 3.63) is 22.2 Å². The molecule has 0 aromatic heterocycles. The number of anilines is 1. The van der Waals surface area contributed by atoms with Crippen molar-refractivity contribution in [3.8, 4) is 5.75 Å². The first-order valence-corrected chi connectivity index (χ1v) is 5.59. The Kier molecular flexibility index (Phi) is 4.55. The van der Waals surface area contributed by atoms with Gasteiger partial charge in [-0.3, -0.25) is 0 Å². The Hall–Kier alpha value is -0.600. The van der Waals surface area contributed by atoms with Gasteiger partial charge >= 0.3 is 0 Å². The van der Waals surface area contributed by atoms with Gasteiger partial charge in [-0.15, -0.1) is 0 Å². The third kappa shape index (κ3) is 3.47. The number of ether oxygens (including phenoxy) is 1. The lowest BCUT2D eigenvalue weighted by Gasteiger charge is -2.13. The van der Waals surface area contributed by atoms with Gasteiger partial charge < -0.3 is 10.1 Å². The molecule has 0 saturated carbocycles. The Morgan fingerprint density at radius 3 is 2.20 bits per heavy atom. The molecule has 1 aromatic rings. The number of hydrogen-bond acceptors (Lipinski definition) is 2. The second-order valence-corrected chi connectivity index (χ2v) is 4.54. The summed E-state index contributed by atoms with van der Waals surface area (Å²) in [4.78, 5) is 0. The summed E-state index contributed by atoms with van der Waals surface area (Å²) >= 11 is 12.1. The van der Waals surface area contributed by atoms with Crippen molar-refractivity contribution in [1.29, 1.82) is 0 Å². The quantitative estimate of drug-likeness (QED) is 0.867. The Morgan fingerprint density at radius 2 is 1.80 bits per heavy atom. The van der Waals surface area contributed by atoms with Crippen molar-refractivity contribution in [3.63, 3.8) is 0 Å². The fourth-order valence-corrected chi connectivity index (χ4v) is 1.69. The van der Waals surface area contributed by atoms with Gasteiger partial charge in [0.2, 0.25) is 0 Å². The van der Waals surface area contributed by atoms with Crippen molar-refractivity contribution in [2.24, 2.45) is 5.92 Å². The summed E-state index contributed by atoms with van der Waals surface area (Å²) < 4.78 is 5.54. The largest absolute Gasteiger partial charge is 0.490 e. The zero-order chi connectivity index (χ0) is 11.4. The van der Waals surface area contributed by atoms with Gasteiger partial charge in [0.15, 0.2) is 5.75 Å². The van der Waals surface area contributed by atoms with Gasteiger partial charge in [0.25, 0.3) is 0 Å². The van der Waals surface area contributed by atoms with Crippen LogP contribution in [0.15, 0.2) is 12.1 Å². The third-order valence-electron chi connectivity index (χ3n) is 1.85. The highest BCUT2D eigenvalue weighted by Gasteiger charge is 2.09. The van der Waals surface area contributed by atoms with Gasteiger partial charge in [-0.2, -0.15) is 0 Å². The number of halogens is 2. The fraction of sp³-hybridized carbons (Fsp3) is 0.455. The number of nitrogens with one attached hydrogen (secondary N) is 1. The van der Waals surface area contributed by atoms with Crippen LogP contribution in [0.3, 0.4) is 0 Å². The molecule has 0 atom stereocenters. The molecule has 0 unspecified atom stereocenters. The molecule has 84 valence electrons. The topological polar surface area (TPSA) is 21.3 Å². The van der Waals surface area contributed by atoms with E-state index < -0.39 is 0 Å². The predicted octanol–water partition coefficient (Wildman–Crippen LogP) is 4.07. The first-order chi connectivity index (χ1) is 7.04. The summed E-state index contributed by atoms with van der Waals surface area (Å²) in [5.41, 5.74) is 0.877. The minimum Gasteiger partial charge on any atom is -0.490 e. The van der Waals surface area contributed by atoms with E-state index >= 15 is 0 Å². The Balaban J connectivity index is 2.88. The van der Waals surface area contributed by atoms with Crippen molar-refractivity contribution in [1.82, 2.24) is 0 Å². The summed E-state index contributed by atoms with van der Waals surface area (Å²) in [6.07, 6.45) is 0. The van der Waals surface area contributed by atoms with Gasteiger partial charge in [-0.1, -0.05) is 37.0 Å². The highest BCUT2D eigenvalue weighted by Crippen LogP contribution is 2.36. The molecule has 0 bridgehead atoms. The molecule has 0 fully saturated rings. The lowest BCUT2D eigenvalue weighted by atomic mass is 10.2. The van der Waals surface area contributed by atoms with Crippen LogP contribution in [0, 0.1) is 5.92 Å². The van der Waals surface area contributed by atoms with Gasteiger partial charge in [0.05, 0.1) is 16.7 Å². The average molecular weight is 248 g/mol. The Morgan fingerprint density at radius 1 is 1.27 bits per heavy atom. The van der Waals surface area contributed by atoms with E-state index in [9.17, 15) is 0 Å². The first-order valence-electron chi connectivity index (χ1n) is 4.84. The van der Waals surface area contributed by atoms with E-state index in [0.717, 1.165) is 5.69 Å². The van der Waals surface area contributed by atoms with Crippen LogP contribution in [0.2, 0.25) is 10.0 Å². The van der Waals surface area contributed by atoms with Crippen LogP contribution in [0.5, 0.6) is 5.75 Å². The lowest BCUT2D eigenvalue weighted by molar-refractivity contribution is 0.271. The molecule has 1 rings (SSSR count). The Bertz CT molecular complexity index is 316. The van der Waals surface area contributed by atoms with Crippen molar-refractivity contribution in [2.75, 3.05) is 19.0 Å². The van der Waals surface area contributed by atoms with Crippen LogP contribution in [0.4, 0.5) is 5.69 Å². The number of hydrogen-bond donors (Lipinski definition) is 1. The van der Waals surface area contributed by atoms with E-state index in [-0.39, 0.29) is 0 Å². The van der Waals surface area contributed by atoms with E-state index in [0.29, 0.717) is 28.3 Å². The van der Waals surface area contributed by atoms with Gasteiger partial charge in [0.1, 0.15) is 0 Å². The van der Waals surface area contributed by atoms with Crippen LogP contribution in [-0.2, 0) is 0 Å². The first kappa shape index (κ1) is 12.5. The molecule has 4 heteroatoms. The average Bonchev–Trinajstić information content (AvgIpc) is 2.15. The molecule has 2 nitrogen and oxygen atoms in total. The van der Waals surface area contributed by atoms with E-state index in [4.69, 9.17) is 27.9 Å². The SMILES string of the molecule is CNc1cc(Cl)c(OCC(C)C)c(Cl)c1. The molecule has 0 saturated heterocycles. The normalized spacial score (nSPS) is 10.5. The standard InChI is InChI=1S/C11H15Cl2NO/c1-7(2)6-15-11-9(12)4-8(14-3)5-10(11)13/h4-5,7,14H,6H2,1-3H3. The fourth-order valence-electron chi connectivity index (χ4n) is 1.09. The van der Waals surface area contributed by atoms with Crippen molar-refractivity contribution in [2.45, 2.75) is 13.8 Å². The second-order valence-electron chi connectivity index (χ2n) is 3.72. The molecule has 0 radical (unpaired) electrons. The van der Waals surface area contributed by atoms with Gasteiger partial charge in [0, 0.05) is 12.7 Å². The highest BCUT2D eigenvalue weighted by molar-refractivity contribution is 6.37. The molecule has 0 aliphatic carbocycles. The number of rotatable bonds is 4. The zero-order valence-electron chi connectivity index (χ0n) is 9.10. The third-order valence-corrected chi connectivity index (χ3v) is 2.41. The van der Waals surface area contributed by atoms with Crippen LogP contribution < -0.4 is 10.1 Å². The van der Waals surface area contributed by atoms with E-state index in [1.807, 2.05) is 7.05 Å². The summed E-state index contributed by atoms with van der Waals surface area (Å²) in [6, 6.07) is 3.59.